The molecule has 1 saturated carbocycles. The van der Waals surface area contributed by atoms with Crippen molar-refractivity contribution in [2.75, 3.05) is 13.7 Å². The Bertz CT molecular complexity index is 380. The van der Waals surface area contributed by atoms with Crippen molar-refractivity contribution in [3.63, 3.8) is 0 Å². The van der Waals surface area contributed by atoms with Gasteiger partial charge in [-0.05, 0) is 26.2 Å². The summed E-state index contributed by atoms with van der Waals surface area (Å²) in [6.45, 7) is 8.17. The van der Waals surface area contributed by atoms with Crippen molar-refractivity contribution >= 4 is 11.9 Å². The van der Waals surface area contributed by atoms with Crippen molar-refractivity contribution < 1.29 is 19.1 Å². The maximum Gasteiger partial charge on any atom is 0.314 e. The van der Waals surface area contributed by atoms with Gasteiger partial charge in [-0.3, -0.25) is 9.59 Å². The topological polar surface area (TPSA) is 52.6 Å². The van der Waals surface area contributed by atoms with Crippen LogP contribution < -0.4 is 0 Å². The van der Waals surface area contributed by atoms with Crippen molar-refractivity contribution in [2.45, 2.75) is 58.8 Å². The minimum atomic E-state index is -0.790. The number of hydrogen-bond donors (Lipinski definition) is 0. The van der Waals surface area contributed by atoms with Crippen molar-refractivity contribution in [3.05, 3.63) is 12.2 Å². The molecule has 0 N–H and O–H groups in total. The molecule has 1 fully saturated rings. The molecule has 120 valence electrons. The van der Waals surface area contributed by atoms with Crippen LogP contribution in [0.4, 0.5) is 0 Å². The molecule has 0 aromatic rings. The van der Waals surface area contributed by atoms with Gasteiger partial charge in [0.05, 0.1) is 25.0 Å². The van der Waals surface area contributed by atoms with E-state index in [1.165, 1.54) is 7.11 Å². The minimum absolute atomic E-state index is 0.303. The number of esters is 2. The van der Waals surface area contributed by atoms with Gasteiger partial charge in [0.2, 0.25) is 0 Å². The van der Waals surface area contributed by atoms with Gasteiger partial charge in [-0.1, -0.05) is 44.8 Å². The van der Waals surface area contributed by atoms with Gasteiger partial charge in [0.1, 0.15) is 0 Å². The van der Waals surface area contributed by atoms with E-state index in [-0.39, 0.29) is 11.9 Å². The molecule has 0 amide bonds. The van der Waals surface area contributed by atoms with Gasteiger partial charge in [0.15, 0.2) is 0 Å². The predicted molar refractivity (Wildman–Crippen MR) is 81.7 cm³/mol. The second kappa shape index (κ2) is 8.20. The standard InChI is InChI=1S/C17H28O4/c1-5-6-12-21-15(18)14(13(2)3)17(16(19)20-4)10-8-7-9-11-17/h14H,2,5-12H2,1,3-4H3. The Kier molecular flexibility index (Phi) is 6.93. The number of unbranched alkanes of at least 4 members (excludes halogenated alkanes) is 1. The monoisotopic (exact) mass is 296 g/mol. The fraction of sp³-hybridized carbons (Fsp3) is 0.765. The van der Waals surface area contributed by atoms with Gasteiger partial charge < -0.3 is 9.47 Å². The summed E-state index contributed by atoms with van der Waals surface area (Å²) in [5.41, 5.74) is -0.105. The van der Waals surface area contributed by atoms with Crippen LogP contribution >= 0.6 is 0 Å². The van der Waals surface area contributed by atoms with Crippen molar-refractivity contribution in [3.8, 4) is 0 Å². The zero-order chi connectivity index (χ0) is 15.9. The van der Waals surface area contributed by atoms with Crippen LogP contribution in [-0.4, -0.2) is 25.7 Å². The van der Waals surface area contributed by atoms with Gasteiger partial charge >= 0.3 is 11.9 Å². The summed E-state index contributed by atoms with van der Waals surface area (Å²) >= 11 is 0. The first kappa shape index (κ1) is 17.7. The summed E-state index contributed by atoms with van der Waals surface area (Å²) in [5.74, 6) is -1.23. The lowest BCUT2D eigenvalue weighted by molar-refractivity contribution is -0.168. The molecule has 4 heteroatoms. The molecule has 4 nitrogen and oxygen atoms in total. The van der Waals surface area contributed by atoms with Crippen LogP contribution in [0.2, 0.25) is 0 Å². The Labute approximate surface area is 127 Å². The van der Waals surface area contributed by atoms with Gasteiger partial charge in [-0.2, -0.15) is 0 Å². The maximum absolute atomic E-state index is 12.5. The Morgan fingerprint density at radius 2 is 1.86 bits per heavy atom. The molecule has 0 bridgehead atoms. The first-order valence-corrected chi connectivity index (χ1v) is 7.90. The summed E-state index contributed by atoms with van der Waals surface area (Å²) in [6, 6.07) is 0. The van der Waals surface area contributed by atoms with Gasteiger partial charge in [0, 0.05) is 0 Å². The van der Waals surface area contributed by atoms with E-state index in [1.54, 1.807) is 6.92 Å². The Balaban J connectivity index is 3.00. The highest BCUT2D eigenvalue weighted by molar-refractivity contribution is 5.87. The number of rotatable bonds is 7. The summed E-state index contributed by atoms with van der Waals surface area (Å²) in [5, 5.41) is 0. The fourth-order valence-corrected chi connectivity index (χ4v) is 3.30. The third kappa shape index (κ3) is 4.08. The summed E-state index contributed by atoms with van der Waals surface area (Å²) in [4.78, 5) is 24.9. The molecule has 0 aromatic heterocycles. The second-order valence-corrected chi connectivity index (χ2v) is 6.01. The molecule has 1 aliphatic carbocycles. The van der Waals surface area contributed by atoms with E-state index in [1.807, 2.05) is 6.92 Å². The molecular formula is C17H28O4. The number of hydrogen-bond acceptors (Lipinski definition) is 4. The van der Waals surface area contributed by atoms with Crippen LogP contribution in [0.3, 0.4) is 0 Å². The molecule has 0 aliphatic heterocycles. The predicted octanol–water partition coefficient (Wildman–Crippen LogP) is 3.65. The number of ether oxygens (including phenoxy) is 2. The zero-order valence-corrected chi connectivity index (χ0v) is 13.6. The van der Waals surface area contributed by atoms with Gasteiger partial charge in [-0.15, -0.1) is 0 Å². The molecule has 1 aliphatic rings. The lowest BCUT2D eigenvalue weighted by Gasteiger charge is -2.40. The average Bonchev–Trinajstić information content (AvgIpc) is 2.47. The zero-order valence-electron chi connectivity index (χ0n) is 13.6. The SMILES string of the molecule is C=C(C)C(C(=O)OCCCC)C1(C(=O)OC)CCCCC1. The average molecular weight is 296 g/mol. The smallest absolute Gasteiger partial charge is 0.314 e. The highest BCUT2D eigenvalue weighted by Crippen LogP contribution is 2.46. The highest BCUT2D eigenvalue weighted by Gasteiger charge is 2.51. The van der Waals surface area contributed by atoms with E-state index in [0.29, 0.717) is 25.0 Å². The lowest BCUT2D eigenvalue weighted by Crippen LogP contribution is -2.46. The van der Waals surface area contributed by atoms with E-state index >= 15 is 0 Å². The molecule has 1 rings (SSSR count). The molecule has 1 atom stereocenters. The molecule has 0 heterocycles. The molecule has 1 unspecified atom stereocenters. The van der Waals surface area contributed by atoms with Gasteiger partial charge in [0.25, 0.3) is 0 Å². The summed E-state index contributed by atoms with van der Waals surface area (Å²) in [7, 11) is 1.39. The molecule has 0 aromatic carbocycles. The van der Waals surface area contributed by atoms with Crippen LogP contribution in [-0.2, 0) is 19.1 Å². The highest BCUT2D eigenvalue weighted by atomic mass is 16.5. The van der Waals surface area contributed by atoms with E-state index in [0.717, 1.165) is 32.1 Å². The molecular weight excluding hydrogens is 268 g/mol. The number of methoxy groups -OCH3 is 1. The number of carbonyl (C=O) groups excluding carboxylic acids is 2. The molecule has 0 spiro atoms. The third-order valence-electron chi connectivity index (χ3n) is 4.36. The fourth-order valence-electron chi connectivity index (χ4n) is 3.30. The largest absolute Gasteiger partial charge is 0.469 e. The van der Waals surface area contributed by atoms with Crippen LogP contribution in [0.15, 0.2) is 12.2 Å². The molecule has 0 saturated heterocycles. The van der Waals surface area contributed by atoms with E-state index in [2.05, 4.69) is 6.58 Å². The molecule has 21 heavy (non-hydrogen) atoms. The van der Waals surface area contributed by atoms with Crippen LogP contribution in [0.5, 0.6) is 0 Å². The summed E-state index contributed by atoms with van der Waals surface area (Å²) < 4.78 is 10.4. The van der Waals surface area contributed by atoms with Crippen LogP contribution in [0.25, 0.3) is 0 Å². The normalized spacial score (nSPS) is 18.6. The Morgan fingerprint density at radius 1 is 1.24 bits per heavy atom. The third-order valence-corrected chi connectivity index (χ3v) is 4.36. The van der Waals surface area contributed by atoms with Crippen molar-refractivity contribution in [1.82, 2.24) is 0 Å². The Morgan fingerprint density at radius 3 is 2.33 bits per heavy atom. The van der Waals surface area contributed by atoms with Crippen LogP contribution in [0.1, 0.15) is 58.8 Å². The molecule has 0 radical (unpaired) electrons. The second-order valence-electron chi connectivity index (χ2n) is 6.01. The Hall–Kier alpha value is -1.32. The first-order valence-electron chi connectivity index (χ1n) is 7.90. The first-order chi connectivity index (χ1) is 9.99. The van der Waals surface area contributed by atoms with E-state index < -0.39 is 11.3 Å². The van der Waals surface area contributed by atoms with Crippen molar-refractivity contribution in [1.29, 1.82) is 0 Å². The van der Waals surface area contributed by atoms with E-state index in [9.17, 15) is 9.59 Å². The quantitative estimate of drug-likeness (QED) is 0.409. The van der Waals surface area contributed by atoms with Crippen LogP contribution in [0, 0.1) is 11.3 Å². The van der Waals surface area contributed by atoms with E-state index in [4.69, 9.17) is 9.47 Å². The van der Waals surface area contributed by atoms with Gasteiger partial charge in [-0.25, -0.2) is 0 Å². The number of carbonyl (C=O) groups is 2. The minimum Gasteiger partial charge on any atom is -0.469 e. The maximum atomic E-state index is 12.5. The lowest BCUT2D eigenvalue weighted by atomic mass is 9.64. The summed E-state index contributed by atoms with van der Waals surface area (Å²) in [6.07, 6.45) is 6.09. The van der Waals surface area contributed by atoms with Crippen molar-refractivity contribution in [2.24, 2.45) is 11.3 Å².